The van der Waals surface area contributed by atoms with Gasteiger partial charge in [0.2, 0.25) is 0 Å². The van der Waals surface area contributed by atoms with Crippen molar-refractivity contribution >= 4 is 35.0 Å². The highest BCUT2D eigenvalue weighted by Crippen LogP contribution is 2.29. The van der Waals surface area contributed by atoms with Gasteiger partial charge < -0.3 is 14.2 Å². The van der Waals surface area contributed by atoms with Gasteiger partial charge in [-0.3, -0.25) is 4.79 Å². The van der Waals surface area contributed by atoms with Crippen LogP contribution in [0.2, 0.25) is 5.02 Å². The van der Waals surface area contributed by atoms with Crippen LogP contribution in [0.5, 0.6) is 17.2 Å². The molecule has 4 rings (SSSR count). The topological polar surface area (TPSA) is 60.4 Å². The van der Waals surface area contributed by atoms with Gasteiger partial charge in [-0.05, 0) is 55.5 Å². The molecule has 0 radical (unpaired) electrons. The summed E-state index contributed by atoms with van der Waals surface area (Å²) < 4.78 is 16.9. The number of anilines is 1. The van der Waals surface area contributed by atoms with Crippen LogP contribution in [-0.2, 0) is 4.79 Å². The molecule has 7 heteroatoms. The van der Waals surface area contributed by atoms with Crippen LogP contribution in [0, 0.1) is 0 Å². The summed E-state index contributed by atoms with van der Waals surface area (Å²) in [6.45, 7) is 2.46. The zero-order chi connectivity index (χ0) is 23.2. The predicted molar refractivity (Wildman–Crippen MR) is 130 cm³/mol. The van der Waals surface area contributed by atoms with Crippen molar-refractivity contribution in [2.45, 2.75) is 6.92 Å². The summed E-state index contributed by atoms with van der Waals surface area (Å²) in [6.07, 6.45) is 1.76. The lowest BCUT2D eigenvalue weighted by Crippen LogP contribution is -2.21. The summed E-state index contributed by atoms with van der Waals surface area (Å²) in [5.74, 6) is 1.81. The maximum absolute atomic E-state index is 13.0. The van der Waals surface area contributed by atoms with E-state index in [4.69, 9.17) is 25.8 Å². The zero-order valence-electron chi connectivity index (χ0n) is 18.3. The number of para-hydroxylation sites is 1. The van der Waals surface area contributed by atoms with Gasteiger partial charge >= 0.3 is 0 Å². The fourth-order valence-electron chi connectivity index (χ4n) is 3.35. The van der Waals surface area contributed by atoms with Crippen molar-refractivity contribution in [1.82, 2.24) is 0 Å². The number of halogens is 1. The molecule has 0 unspecified atom stereocenters. The Bertz CT molecular complexity index is 1210. The van der Waals surface area contributed by atoms with Gasteiger partial charge in [-0.15, -0.1) is 0 Å². The number of nitrogens with zero attached hydrogens (tertiary/aromatic N) is 2. The summed E-state index contributed by atoms with van der Waals surface area (Å²) in [5.41, 5.74) is 2.51. The molecule has 1 aliphatic rings. The quantitative estimate of drug-likeness (QED) is 0.322. The molecule has 168 valence electrons. The van der Waals surface area contributed by atoms with Gasteiger partial charge in [0.15, 0.2) is 0 Å². The number of carbonyl (C=O) groups excluding carboxylic acids is 1. The van der Waals surface area contributed by atoms with Crippen LogP contribution >= 0.6 is 11.6 Å². The summed E-state index contributed by atoms with van der Waals surface area (Å²) in [7, 11) is 1.61. The maximum atomic E-state index is 13.0. The molecule has 0 atom stereocenters. The number of benzene rings is 3. The minimum atomic E-state index is -0.203. The SMILES string of the molecule is COc1cccc(OCCOc2ccc(Cl)cc2C=C2C(=O)N(c3ccccc3)N=C2C)c1. The minimum Gasteiger partial charge on any atom is -0.497 e. The monoisotopic (exact) mass is 462 g/mol. The first kappa shape index (κ1) is 22.4. The lowest BCUT2D eigenvalue weighted by molar-refractivity contribution is -0.114. The fraction of sp³-hybridized carbons (Fsp3) is 0.154. The van der Waals surface area contributed by atoms with Gasteiger partial charge in [0.1, 0.15) is 30.5 Å². The molecular weight excluding hydrogens is 440 g/mol. The molecule has 0 fully saturated rings. The first-order valence-electron chi connectivity index (χ1n) is 10.4. The van der Waals surface area contributed by atoms with Crippen molar-refractivity contribution in [1.29, 1.82) is 0 Å². The molecule has 0 aliphatic carbocycles. The smallest absolute Gasteiger partial charge is 0.280 e. The molecule has 3 aromatic rings. The third kappa shape index (κ3) is 5.35. The van der Waals surface area contributed by atoms with Crippen LogP contribution in [-0.4, -0.2) is 31.9 Å². The fourth-order valence-corrected chi connectivity index (χ4v) is 3.53. The third-order valence-electron chi connectivity index (χ3n) is 4.99. The average Bonchev–Trinajstić information content (AvgIpc) is 3.12. The molecule has 6 nitrogen and oxygen atoms in total. The Morgan fingerprint density at radius 2 is 1.70 bits per heavy atom. The van der Waals surface area contributed by atoms with Gasteiger partial charge in [-0.1, -0.05) is 35.9 Å². The molecule has 0 saturated heterocycles. The second kappa shape index (κ2) is 10.2. The summed E-state index contributed by atoms with van der Waals surface area (Å²) >= 11 is 6.22. The molecule has 1 aliphatic heterocycles. The molecule has 0 bridgehead atoms. The Morgan fingerprint density at radius 3 is 2.48 bits per heavy atom. The largest absolute Gasteiger partial charge is 0.497 e. The zero-order valence-corrected chi connectivity index (χ0v) is 19.1. The van der Waals surface area contributed by atoms with Crippen molar-refractivity contribution in [3.8, 4) is 17.2 Å². The number of hydrazone groups is 1. The number of amides is 1. The van der Waals surface area contributed by atoms with Gasteiger partial charge in [0.05, 0.1) is 24.1 Å². The van der Waals surface area contributed by atoms with Gasteiger partial charge in [-0.2, -0.15) is 10.1 Å². The molecule has 3 aromatic carbocycles. The van der Waals surface area contributed by atoms with E-state index in [1.54, 1.807) is 38.3 Å². The number of hydrogen-bond acceptors (Lipinski definition) is 5. The van der Waals surface area contributed by atoms with E-state index in [0.717, 1.165) is 5.75 Å². The maximum Gasteiger partial charge on any atom is 0.280 e. The van der Waals surface area contributed by atoms with Crippen molar-refractivity contribution in [3.63, 3.8) is 0 Å². The highest BCUT2D eigenvalue weighted by atomic mass is 35.5. The van der Waals surface area contributed by atoms with Crippen molar-refractivity contribution < 1.29 is 19.0 Å². The van der Waals surface area contributed by atoms with Gasteiger partial charge in [-0.25, -0.2) is 0 Å². The molecular formula is C26H23ClN2O4. The van der Waals surface area contributed by atoms with Crippen LogP contribution in [0.1, 0.15) is 12.5 Å². The van der Waals surface area contributed by atoms with E-state index in [1.165, 1.54) is 5.01 Å². The minimum absolute atomic E-state index is 0.203. The van der Waals surface area contributed by atoms with E-state index in [1.807, 2.05) is 54.6 Å². The van der Waals surface area contributed by atoms with Gasteiger partial charge in [0.25, 0.3) is 5.91 Å². The molecule has 0 N–H and O–H groups in total. The normalized spacial score (nSPS) is 14.4. The van der Waals surface area contributed by atoms with Crippen LogP contribution in [0.25, 0.3) is 6.08 Å². The molecule has 33 heavy (non-hydrogen) atoms. The Balaban J connectivity index is 1.47. The molecule has 0 spiro atoms. The first-order valence-corrected chi connectivity index (χ1v) is 10.8. The van der Waals surface area contributed by atoms with Crippen molar-refractivity contribution in [2.75, 3.05) is 25.3 Å². The number of ether oxygens (including phenoxy) is 3. The second-order valence-electron chi connectivity index (χ2n) is 7.25. The Hall–Kier alpha value is -3.77. The summed E-state index contributed by atoms with van der Waals surface area (Å²) in [4.78, 5) is 13.0. The van der Waals surface area contributed by atoms with Gasteiger partial charge in [0, 0.05) is 16.7 Å². The third-order valence-corrected chi connectivity index (χ3v) is 5.22. The summed E-state index contributed by atoms with van der Waals surface area (Å²) in [5, 5.41) is 6.36. The number of hydrogen-bond donors (Lipinski definition) is 0. The number of rotatable bonds is 8. The Kier molecular flexibility index (Phi) is 6.95. The van der Waals surface area contributed by atoms with Crippen LogP contribution in [0.15, 0.2) is 83.5 Å². The van der Waals surface area contributed by atoms with Crippen LogP contribution in [0.3, 0.4) is 0 Å². The standard InChI is InChI=1S/C26H23ClN2O4/c1-18-24(26(30)29(28-18)21-7-4-3-5-8-21)16-19-15-20(27)11-12-25(19)33-14-13-32-23-10-6-9-22(17-23)31-2/h3-12,15-17H,13-14H2,1-2H3. The van der Waals surface area contributed by atoms with Crippen LogP contribution in [0.4, 0.5) is 5.69 Å². The van der Waals surface area contributed by atoms with E-state index >= 15 is 0 Å². The highest BCUT2D eigenvalue weighted by molar-refractivity contribution is 6.33. The highest BCUT2D eigenvalue weighted by Gasteiger charge is 2.28. The van der Waals surface area contributed by atoms with E-state index in [0.29, 0.717) is 52.3 Å². The lowest BCUT2D eigenvalue weighted by Gasteiger charge is -2.13. The molecule has 0 aromatic heterocycles. The average molecular weight is 463 g/mol. The number of methoxy groups -OCH3 is 1. The van der Waals surface area contributed by atoms with Crippen molar-refractivity contribution in [3.05, 3.63) is 89.0 Å². The van der Waals surface area contributed by atoms with E-state index in [9.17, 15) is 4.79 Å². The summed E-state index contributed by atoms with van der Waals surface area (Å²) in [6, 6.07) is 22.0. The Labute approximate surface area is 197 Å². The predicted octanol–water partition coefficient (Wildman–Crippen LogP) is 5.61. The number of carbonyl (C=O) groups is 1. The van der Waals surface area contributed by atoms with Crippen molar-refractivity contribution in [2.24, 2.45) is 5.10 Å². The second-order valence-corrected chi connectivity index (χ2v) is 7.69. The molecule has 1 heterocycles. The van der Waals surface area contributed by atoms with E-state index < -0.39 is 0 Å². The molecule has 1 amide bonds. The Morgan fingerprint density at radius 1 is 0.939 bits per heavy atom. The lowest BCUT2D eigenvalue weighted by atomic mass is 10.1. The first-order chi connectivity index (χ1) is 16.0. The van der Waals surface area contributed by atoms with E-state index in [-0.39, 0.29) is 5.91 Å². The van der Waals surface area contributed by atoms with Crippen LogP contribution < -0.4 is 19.2 Å². The van der Waals surface area contributed by atoms with E-state index in [2.05, 4.69) is 5.10 Å². The molecule has 0 saturated carbocycles.